The van der Waals surface area contributed by atoms with Crippen LogP contribution in [0.4, 0.5) is 16.2 Å². The number of hydrogen-bond acceptors (Lipinski definition) is 6. The molecule has 1 heterocycles. The molecule has 1 aliphatic heterocycles. The van der Waals surface area contributed by atoms with Gasteiger partial charge in [-0.1, -0.05) is 23.8 Å². The van der Waals surface area contributed by atoms with Crippen LogP contribution in [0.25, 0.3) is 0 Å². The summed E-state index contributed by atoms with van der Waals surface area (Å²) in [5.74, 6) is -0.482. The zero-order valence-corrected chi connectivity index (χ0v) is 20.5. The van der Waals surface area contributed by atoms with Crippen molar-refractivity contribution in [2.75, 3.05) is 44.0 Å². The quantitative estimate of drug-likeness (QED) is 0.549. The second-order valence-corrected chi connectivity index (χ2v) is 10.2. The highest BCUT2D eigenvalue weighted by Gasteiger charge is 2.32. The van der Waals surface area contributed by atoms with Gasteiger partial charge in [0.2, 0.25) is 15.9 Å². The molecule has 1 fully saturated rings. The molecule has 3 rings (SSSR count). The van der Waals surface area contributed by atoms with Gasteiger partial charge >= 0.3 is 6.09 Å². The van der Waals surface area contributed by atoms with Gasteiger partial charge in [0.25, 0.3) is 0 Å². The Hall–Kier alpha value is -2.95. The number of benzene rings is 2. The maximum atomic E-state index is 13.1. The Morgan fingerprint density at radius 1 is 1.00 bits per heavy atom. The summed E-state index contributed by atoms with van der Waals surface area (Å²) in [6.45, 7) is 4.71. The monoisotopic (exact) mass is 489 g/mol. The van der Waals surface area contributed by atoms with Crippen LogP contribution in [0.1, 0.15) is 24.0 Å². The van der Waals surface area contributed by atoms with Crippen molar-refractivity contribution in [1.29, 1.82) is 0 Å². The third-order valence-electron chi connectivity index (χ3n) is 5.67. The number of sulfonamides is 1. The minimum absolute atomic E-state index is 0.136. The van der Waals surface area contributed by atoms with E-state index in [1.165, 1.54) is 11.4 Å². The van der Waals surface area contributed by atoms with E-state index in [2.05, 4.69) is 10.6 Å². The Morgan fingerprint density at radius 3 is 2.32 bits per heavy atom. The molecule has 2 aromatic carbocycles. The minimum Gasteiger partial charge on any atom is -0.447 e. The van der Waals surface area contributed by atoms with Gasteiger partial charge in [-0.15, -0.1) is 0 Å². The summed E-state index contributed by atoms with van der Waals surface area (Å²) < 4.78 is 37.4. The van der Waals surface area contributed by atoms with Crippen molar-refractivity contribution in [2.24, 2.45) is 5.92 Å². The van der Waals surface area contributed by atoms with Crippen molar-refractivity contribution in [3.8, 4) is 0 Å². The first-order valence-electron chi connectivity index (χ1n) is 11.1. The molecule has 0 saturated carbocycles. The van der Waals surface area contributed by atoms with Gasteiger partial charge in [-0.2, -0.15) is 4.31 Å². The number of piperidine rings is 1. The molecule has 0 unspecified atom stereocenters. The van der Waals surface area contributed by atoms with Crippen LogP contribution in [0.5, 0.6) is 0 Å². The van der Waals surface area contributed by atoms with Crippen LogP contribution in [0.15, 0.2) is 47.4 Å². The molecule has 0 aliphatic carbocycles. The summed E-state index contributed by atoms with van der Waals surface area (Å²) in [6.07, 6.45) is 0.248. The number of ether oxygens (including phenoxy) is 2. The van der Waals surface area contributed by atoms with E-state index in [1.807, 2.05) is 13.0 Å². The summed E-state index contributed by atoms with van der Waals surface area (Å²) >= 11 is 0. The number of carbonyl (C=O) groups excluding carboxylic acids is 2. The van der Waals surface area contributed by atoms with Crippen LogP contribution in [-0.4, -0.2) is 58.1 Å². The van der Waals surface area contributed by atoms with Crippen LogP contribution in [0, 0.1) is 19.8 Å². The maximum absolute atomic E-state index is 13.1. The Bertz CT molecular complexity index is 1130. The molecule has 1 saturated heterocycles. The molecule has 34 heavy (non-hydrogen) atoms. The highest BCUT2D eigenvalue weighted by Crippen LogP contribution is 2.27. The molecular weight excluding hydrogens is 458 g/mol. The summed E-state index contributed by atoms with van der Waals surface area (Å²) in [5, 5.41) is 5.46. The van der Waals surface area contributed by atoms with Gasteiger partial charge in [0, 0.05) is 37.5 Å². The molecule has 2 N–H and O–H groups in total. The lowest BCUT2D eigenvalue weighted by atomic mass is 9.97. The Morgan fingerprint density at radius 2 is 1.68 bits per heavy atom. The van der Waals surface area contributed by atoms with Crippen molar-refractivity contribution >= 4 is 33.4 Å². The third kappa shape index (κ3) is 6.55. The predicted molar refractivity (Wildman–Crippen MR) is 129 cm³/mol. The van der Waals surface area contributed by atoms with E-state index in [0.29, 0.717) is 35.7 Å². The zero-order chi connectivity index (χ0) is 24.7. The lowest BCUT2D eigenvalue weighted by Crippen LogP contribution is -2.41. The fourth-order valence-corrected chi connectivity index (χ4v) is 5.55. The first-order valence-corrected chi connectivity index (χ1v) is 12.6. The van der Waals surface area contributed by atoms with Gasteiger partial charge < -0.3 is 14.8 Å². The van der Waals surface area contributed by atoms with Gasteiger partial charge in [-0.05, 0) is 56.5 Å². The number of rotatable bonds is 8. The highest BCUT2D eigenvalue weighted by atomic mass is 32.2. The number of anilines is 2. The smallest absolute Gasteiger partial charge is 0.411 e. The summed E-state index contributed by atoms with van der Waals surface area (Å²) in [6, 6.07) is 12.0. The van der Waals surface area contributed by atoms with Crippen LogP contribution < -0.4 is 10.6 Å². The number of aryl methyl sites for hydroxylation is 2. The van der Waals surface area contributed by atoms with Crippen molar-refractivity contribution in [1.82, 2.24) is 4.31 Å². The standard InChI is InChI=1S/C24H31N3O6S/c1-17-7-8-22(18(2)15-17)34(30,31)27-11-9-19(10-12-27)23(28)25-20-5-4-6-21(16-20)26-24(29)33-14-13-32-3/h4-8,15-16,19H,9-14H2,1-3H3,(H,25,28)(H,26,29). The van der Waals surface area contributed by atoms with E-state index in [1.54, 1.807) is 43.3 Å². The lowest BCUT2D eigenvalue weighted by Gasteiger charge is -2.31. The van der Waals surface area contributed by atoms with Crippen LogP contribution in [0.2, 0.25) is 0 Å². The third-order valence-corrected chi connectivity index (χ3v) is 7.73. The maximum Gasteiger partial charge on any atom is 0.411 e. The predicted octanol–water partition coefficient (Wildman–Crippen LogP) is 3.54. The van der Waals surface area contributed by atoms with Gasteiger partial charge in [-0.3, -0.25) is 10.1 Å². The van der Waals surface area contributed by atoms with Crippen LogP contribution in [0.3, 0.4) is 0 Å². The van der Waals surface area contributed by atoms with Gasteiger partial charge in [-0.25, -0.2) is 13.2 Å². The second kappa shape index (κ2) is 11.5. The highest BCUT2D eigenvalue weighted by molar-refractivity contribution is 7.89. The van der Waals surface area contributed by atoms with Crippen molar-refractivity contribution in [2.45, 2.75) is 31.6 Å². The van der Waals surface area contributed by atoms with Crippen LogP contribution >= 0.6 is 0 Å². The molecule has 184 valence electrons. The molecule has 0 aromatic heterocycles. The fraction of sp³-hybridized carbons (Fsp3) is 0.417. The van der Waals surface area contributed by atoms with E-state index in [0.717, 1.165) is 11.1 Å². The molecule has 0 bridgehead atoms. The second-order valence-electron chi connectivity index (χ2n) is 8.27. The molecule has 2 aromatic rings. The first-order chi connectivity index (χ1) is 16.2. The Labute approximate surface area is 200 Å². The van der Waals surface area contributed by atoms with Crippen molar-refractivity contribution in [3.63, 3.8) is 0 Å². The molecule has 1 aliphatic rings. The minimum atomic E-state index is -3.60. The van der Waals surface area contributed by atoms with Crippen LogP contribution in [-0.2, 0) is 24.3 Å². The number of nitrogens with one attached hydrogen (secondary N) is 2. The molecule has 10 heteroatoms. The summed E-state index contributed by atoms with van der Waals surface area (Å²) in [7, 11) is -2.09. The number of methoxy groups -OCH3 is 1. The number of nitrogens with zero attached hydrogens (tertiary/aromatic N) is 1. The van der Waals surface area contributed by atoms with E-state index < -0.39 is 16.1 Å². The Balaban J connectivity index is 1.55. The van der Waals surface area contributed by atoms with Crippen molar-refractivity contribution in [3.05, 3.63) is 53.6 Å². The largest absolute Gasteiger partial charge is 0.447 e. The number of carbonyl (C=O) groups is 2. The fourth-order valence-electron chi connectivity index (χ4n) is 3.88. The SMILES string of the molecule is COCCOC(=O)Nc1cccc(NC(=O)C2CCN(S(=O)(=O)c3ccc(C)cc3C)CC2)c1. The molecule has 2 amide bonds. The lowest BCUT2D eigenvalue weighted by molar-refractivity contribution is -0.120. The summed E-state index contributed by atoms with van der Waals surface area (Å²) in [5.41, 5.74) is 2.74. The molecular formula is C24H31N3O6S. The topological polar surface area (TPSA) is 114 Å². The first kappa shape index (κ1) is 25.7. The van der Waals surface area contributed by atoms with E-state index >= 15 is 0 Å². The van der Waals surface area contributed by atoms with Gasteiger partial charge in [0.1, 0.15) is 6.61 Å². The number of amides is 2. The van der Waals surface area contributed by atoms with Gasteiger partial charge in [0.05, 0.1) is 11.5 Å². The molecule has 0 radical (unpaired) electrons. The zero-order valence-electron chi connectivity index (χ0n) is 19.7. The van der Waals surface area contributed by atoms with E-state index in [-0.39, 0.29) is 31.5 Å². The Kier molecular flexibility index (Phi) is 8.65. The molecule has 0 atom stereocenters. The number of hydrogen-bond donors (Lipinski definition) is 2. The summed E-state index contributed by atoms with van der Waals surface area (Å²) in [4.78, 5) is 24.9. The average molecular weight is 490 g/mol. The van der Waals surface area contributed by atoms with E-state index in [4.69, 9.17) is 9.47 Å². The molecule has 9 nitrogen and oxygen atoms in total. The molecule has 0 spiro atoms. The average Bonchev–Trinajstić information content (AvgIpc) is 2.79. The van der Waals surface area contributed by atoms with Gasteiger partial charge in [0.15, 0.2) is 0 Å². The van der Waals surface area contributed by atoms with Crippen molar-refractivity contribution < 1.29 is 27.5 Å². The van der Waals surface area contributed by atoms with E-state index in [9.17, 15) is 18.0 Å². The normalized spacial score (nSPS) is 15.0.